The second kappa shape index (κ2) is 11.9. The molecule has 1 saturated heterocycles. The molecule has 0 radical (unpaired) electrons. The van der Waals surface area contributed by atoms with E-state index in [9.17, 15) is 34.1 Å². The van der Waals surface area contributed by atoms with Crippen LogP contribution in [0.4, 0.5) is 5.69 Å². The molecule has 0 spiro atoms. The summed E-state index contributed by atoms with van der Waals surface area (Å²) in [5.74, 6) is -5.78. The third-order valence-electron chi connectivity index (χ3n) is 4.34. The van der Waals surface area contributed by atoms with E-state index < -0.39 is 99.7 Å². The Balaban J connectivity index is 2.49. The summed E-state index contributed by atoms with van der Waals surface area (Å²) in [6.07, 6.45) is -8.96. The Hall–Kier alpha value is -4.07. The van der Waals surface area contributed by atoms with Crippen molar-refractivity contribution in [2.75, 3.05) is 6.61 Å². The maximum absolute atomic E-state index is 12.8. The van der Waals surface area contributed by atoms with Crippen LogP contribution in [0.5, 0.6) is 0 Å². The van der Waals surface area contributed by atoms with Gasteiger partial charge in [-0.25, -0.2) is 4.79 Å². The molecule has 0 amide bonds. The summed E-state index contributed by atoms with van der Waals surface area (Å²) in [6, 6.07) is 4.12. The molecule has 0 aromatic heterocycles. The van der Waals surface area contributed by atoms with Gasteiger partial charge in [-0.1, -0.05) is 0 Å². The lowest BCUT2D eigenvalue weighted by Gasteiger charge is -2.43. The molecule has 35 heavy (non-hydrogen) atoms. The van der Waals surface area contributed by atoms with Crippen LogP contribution in [0.15, 0.2) is 24.3 Å². The molecule has 1 aromatic carbocycles. The van der Waals surface area contributed by atoms with Crippen molar-refractivity contribution in [2.45, 2.75) is 58.3 Å². The van der Waals surface area contributed by atoms with E-state index >= 15 is 0 Å². The van der Waals surface area contributed by atoms with Crippen LogP contribution in [0.2, 0.25) is 0 Å². The van der Waals surface area contributed by atoms with E-state index in [2.05, 4.69) is 0 Å². The first-order valence-corrected chi connectivity index (χ1v) is 9.56. The number of non-ortho nitro benzene ring substituents is 1. The molecule has 5 atom stereocenters. The van der Waals surface area contributed by atoms with Crippen molar-refractivity contribution in [1.29, 1.82) is 0 Å². The molecule has 14 heteroatoms. The SMILES string of the molecule is [2H]CC(=O)OC[C@H]1OC(OC(=O)c2ccc([N+](=O)[O-])cc2)[C@H](OC(=O)C[2H])[C@@H](OC(=O)C[2H])[C@@H]1OC(=O)C[2H]. The van der Waals surface area contributed by atoms with Gasteiger partial charge >= 0.3 is 29.8 Å². The molecule has 14 nitrogen and oxygen atoms in total. The van der Waals surface area contributed by atoms with Gasteiger partial charge in [0.2, 0.25) is 12.4 Å². The Bertz CT molecular complexity index is 1070. The minimum Gasteiger partial charge on any atom is -0.463 e. The molecule has 0 N–H and O–H groups in total. The first-order chi connectivity index (χ1) is 18.5. The van der Waals surface area contributed by atoms with Gasteiger partial charge in [-0.2, -0.15) is 0 Å². The highest BCUT2D eigenvalue weighted by molar-refractivity contribution is 5.89. The lowest BCUT2D eigenvalue weighted by Crippen LogP contribution is -2.63. The van der Waals surface area contributed by atoms with Crippen molar-refractivity contribution in [3.63, 3.8) is 0 Å². The van der Waals surface area contributed by atoms with Crippen molar-refractivity contribution in [1.82, 2.24) is 0 Å². The molecule has 1 fully saturated rings. The van der Waals surface area contributed by atoms with Gasteiger partial charge < -0.3 is 28.4 Å². The average molecular weight is 501 g/mol. The van der Waals surface area contributed by atoms with Crippen LogP contribution in [0.3, 0.4) is 0 Å². The fraction of sp³-hybridized carbons (Fsp3) is 0.476. The average Bonchev–Trinajstić information content (AvgIpc) is 2.94. The summed E-state index contributed by atoms with van der Waals surface area (Å²) < 4.78 is 59.9. The zero-order valence-corrected chi connectivity index (χ0v) is 18.0. The zero-order valence-electron chi connectivity index (χ0n) is 22.0. The van der Waals surface area contributed by atoms with E-state index in [1.54, 1.807) is 0 Å². The molecule has 1 unspecified atom stereocenters. The molecule has 1 aliphatic rings. The Morgan fingerprint density at radius 3 is 1.94 bits per heavy atom. The molecule has 0 aliphatic carbocycles. The molecule has 0 bridgehead atoms. The van der Waals surface area contributed by atoms with Crippen LogP contribution >= 0.6 is 0 Å². The van der Waals surface area contributed by atoms with Gasteiger partial charge in [-0.15, -0.1) is 0 Å². The number of benzene rings is 1. The largest absolute Gasteiger partial charge is 0.463 e. The van der Waals surface area contributed by atoms with Gasteiger partial charge in [0.05, 0.1) is 10.5 Å². The molecule has 1 aliphatic heterocycles. The number of nitro benzene ring substituents is 1. The number of esters is 5. The van der Waals surface area contributed by atoms with Crippen molar-refractivity contribution >= 4 is 35.5 Å². The molecule has 0 saturated carbocycles. The smallest absolute Gasteiger partial charge is 0.340 e. The second-order valence-electron chi connectivity index (χ2n) is 6.80. The molecule has 1 heterocycles. The highest BCUT2D eigenvalue weighted by Crippen LogP contribution is 2.30. The summed E-state index contributed by atoms with van der Waals surface area (Å²) in [4.78, 5) is 70.6. The fourth-order valence-corrected chi connectivity index (χ4v) is 3.03. The summed E-state index contributed by atoms with van der Waals surface area (Å²) in [6.45, 7) is -4.34. The number of ether oxygens (including phenoxy) is 6. The first-order valence-electron chi connectivity index (χ1n) is 12.4. The number of nitrogens with zero attached hydrogens (tertiary/aromatic N) is 1. The molecule has 2 rings (SSSR count). The molecular weight excluding hydrogens is 474 g/mol. The number of hydrogen-bond acceptors (Lipinski definition) is 13. The highest BCUT2D eigenvalue weighted by Gasteiger charge is 2.53. The van der Waals surface area contributed by atoms with Gasteiger partial charge in [-0.3, -0.25) is 29.3 Å². The van der Waals surface area contributed by atoms with Gasteiger partial charge in [0.15, 0.2) is 12.2 Å². The van der Waals surface area contributed by atoms with Crippen molar-refractivity contribution in [3.8, 4) is 0 Å². The zero-order chi connectivity index (χ0) is 29.1. The van der Waals surface area contributed by atoms with Crippen LogP contribution in [-0.4, -0.2) is 72.1 Å². The number of rotatable bonds is 8. The van der Waals surface area contributed by atoms with Gasteiger partial charge in [0, 0.05) is 45.2 Å². The maximum Gasteiger partial charge on any atom is 0.340 e. The predicted octanol–water partition coefficient (Wildman–Crippen LogP) is 0.835. The monoisotopic (exact) mass is 501 g/mol. The van der Waals surface area contributed by atoms with Crippen LogP contribution in [0.1, 0.15) is 43.4 Å². The van der Waals surface area contributed by atoms with E-state index in [0.717, 1.165) is 24.3 Å². The first kappa shape index (κ1) is 21.5. The molecule has 1 aromatic rings. The van der Waals surface area contributed by atoms with Gasteiger partial charge in [0.25, 0.3) is 5.69 Å². The number of hydrogen-bond donors (Lipinski definition) is 0. The summed E-state index contributed by atoms with van der Waals surface area (Å²) >= 11 is 0. The van der Waals surface area contributed by atoms with E-state index in [1.165, 1.54) is 0 Å². The Morgan fingerprint density at radius 2 is 1.40 bits per heavy atom. The number of nitro groups is 1. The third kappa shape index (κ3) is 7.74. The van der Waals surface area contributed by atoms with Crippen molar-refractivity contribution in [2.24, 2.45) is 0 Å². The minimum atomic E-state index is -1.95. The highest BCUT2D eigenvalue weighted by atomic mass is 16.7. The van der Waals surface area contributed by atoms with Gasteiger partial charge in [0.1, 0.15) is 12.7 Å². The second-order valence-corrected chi connectivity index (χ2v) is 6.80. The van der Waals surface area contributed by atoms with Crippen LogP contribution in [-0.2, 0) is 47.6 Å². The summed E-state index contributed by atoms with van der Waals surface area (Å²) in [5.41, 5.74) is -0.546. The fourth-order valence-electron chi connectivity index (χ4n) is 3.03. The van der Waals surface area contributed by atoms with E-state index in [1.807, 2.05) is 0 Å². The standard InChI is InChI=1S/C21H23NO13/c1-10(23)30-9-16-17(31-11(2)24)18(32-12(3)25)19(33-13(4)26)21(34-16)35-20(27)14-5-7-15(8-6-14)22(28)29/h5-8,16-19,21H,9H2,1-4H3/t16-,17-,18+,19-,21?/m1/s1/i1D,2D,3D,4D. The Morgan fingerprint density at radius 1 is 0.857 bits per heavy atom. The van der Waals surface area contributed by atoms with E-state index in [4.69, 9.17) is 33.9 Å². The summed E-state index contributed by atoms with van der Waals surface area (Å²) in [7, 11) is 0. The molecular formula is C21H23NO13. The quantitative estimate of drug-likeness (QED) is 0.211. The topological polar surface area (TPSA) is 184 Å². The van der Waals surface area contributed by atoms with Crippen molar-refractivity contribution < 1.29 is 62.8 Å². The number of carbonyl (C=O) groups is 5. The normalized spacial score (nSPS) is 24.9. The van der Waals surface area contributed by atoms with Crippen LogP contribution in [0.25, 0.3) is 0 Å². The predicted molar refractivity (Wildman–Crippen MR) is 110 cm³/mol. The summed E-state index contributed by atoms with van der Waals surface area (Å²) in [5, 5.41) is 10.9. The minimum absolute atomic E-state index is 0.214. The maximum atomic E-state index is 12.8. The van der Waals surface area contributed by atoms with E-state index in [-0.39, 0.29) is 11.3 Å². The van der Waals surface area contributed by atoms with Crippen LogP contribution in [0, 0.1) is 10.1 Å². The lowest BCUT2D eigenvalue weighted by atomic mass is 9.98. The third-order valence-corrected chi connectivity index (χ3v) is 4.34. The molecule has 190 valence electrons. The van der Waals surface area contributed by atoms with Crippen molar-refractivity contribution in [3.05, 3.63) is 39.9 Å². The lowest BCUT2D eigenvalue weighted by molar-refractivity contribution is -0.384. The van der Waals surface area contributed by atoms with Crippen LogP contribution < -0.4 is 0 Å². The Labute approximate surface area is 204 Å². The Kier molecular flexibility index (Phi) is 7.28. The number of carbonyl (C=O) groups excluding carboxylic acids is 5. The van der Waals surface area contributed by atoms with Gasteiger partial charge in [-0.05, 0) is 12.1 Å². The van der Waals surface area contributed by atoms with E-state index in [0.29, 0.717) is 0 Å².